The van der Waals surface area contributed by atoms with Crippen molar-refractivity contribution in [2.24, 2.45) is 0 Å². The zero-order valence-corrected chi connectivity index (χ0v) is 26.9. The van der Waals surface area contributed by atoms with E-state index in [1.807, 2.05) is 0 Å². The van der Waals surface area contributed by atoms with Crippen molar-refractivity contribution in [3.63, 3.8) is 0 Å². The molecule has 264 valence electrons. The van der Waals surface area contributed by atoms with Gasteiger partial charge >= 0.3 is 47.8 Å². The number of carbonyl (C=O) groups excluding carboxylic acids is 8. The predicted octanol–water partition coefficient (Wildman–Crippen LogP) is -0.831. The second-order valence-corrected chi connectivity index (χ2v) is 10.3. The van der Waals surface area contributed by atoms with Gasteiger partial charge in [0, 0.05) is 55.4 Å². The minimum Gasteiger partial charge on any atom is -0.463 e. The van der Waals surface area contributed by atoms with E-state index >= 15 is 0 Å². The van der Waals surface area contributed by atoms with Crippen LogP contribution in [0.2, 0.25) is 0 Å². The predicted molar refractivity (Wildman–Crippen MR) is 145 cm³/mol. The van der Waals surface area contributed by atoms with Crippen molar-refractivity contribution in [1.82, 2.24) is 0 Å². The molecule has 0 N–H and O–H groups in total. The summed E-state index contributed by atoms with van der Waals surface area (Å²) in [5.74, 6) is -6.93. The third-order valence-electron chi connectivity index (χ3n) is 6.15. The van der Waals surface area contributed by atoms with Gasteiger partial charge in [-0.1, -0.05) is 0 Å². The van der Waals surface area contributed by atoms with Gasteiger partial charge in [0.25, 0.3) is 0 Å². The molecular formula is C28H38O19. The molecule has 2 aliphatic heterocycles. The molecule has 2 rings (SSSR count). The first-order chi connectivity index (χ1) is 21.9. The summed E-state index contributed by atoms with van der Waals surface area (Å²) in [5.41, 5.74) is 0. The molecule has 0 saturated carbocycles. The first-order valence-corrected chi connectivity index (χ1v) is 14.2. The van der Waals surface area contributed by atoms with E-state index < -0.39 is 122 Å². The van der Waals surface area contributed by atoms with Crippen molar-refractivity contribution in [3.8, 4) is 0 Å². The Labute approximate surface area is 268 Å². The Kier molecular flexibility index (Phi) is 14.5. The highest BCUT2D eigenvalue weighted by atomic mass is 16.8. The Hall–Kier alpha value is -4.36. The summed E-state index contributed by atoms with van der Waals surface area (Å²) in [6.07, 6.45) is -15.6. The maximum absolute atomic E-state index is 12.1. The minimum absolute atomic E-state index is 0.541. The van der Waals surface area contributed by atoms with Crippen LogP contribution in [0, 0.1) is 0 Å². The molecule has 19 heteroatoms. The van der Waals surface area contributed by atoms with E-state index in [-0.39, 0.29) is 0 Å². The fourth-order valence-corrected chi connectivity index (χ4v) is 4.76. The normalized spacial score (nSPS) is 30.0. The molecule has 10 atom stereocenters. The minimum atomic E-state index is -1.71. The van der Waals surface area contributed by atoms with Crippen LogP contribution >= 0.6 is 0 Å². The van der Waals surface area contributed by atoms with Gasteiger partial charge in [0.2, 0.25) is 12.4 Å². The molecule has 0 amide bonds. The monoisotopic (exact) mass is 678 g/mol. The maximum Gasteiger partial charge on any atom is 0.305 e. The fraction of sp³-hybridized carbons (Fsp3) is 0.714. The van der Waals surface area contributed by atoms with Gasteiger partial charge in [-0.15, -0.1) is 0 Å². The van der Waals surface area contributed by atoms with Gasteiger partial charge < -0.3 is 52.1 Å². The lowest BCUT2D eigenvalue weighted by atomic mass is 9.97. The summed E-state index contributed by atoms with van der Waals surface area (Å²) in [5, 5.41) is 0. The molecule has 47 heavy (non-hydrogen) atoms. The third kappa shape index (κ3) is 12.1. The second-order valence-electron chi connectivity index (χ2n) is 10.3. The maximum atomic E-state index is 12.1. The van der Waals surface area contributed by atoms with Gasteiger partial charge in [0.15, 0.2) is 36.8 Å². The summed E-state index contributed by atoms with van der Waals surface area (Å²) in [4.78, 5) is 95.9. The standard InChI is InChI=1S/C28H38O19/c1-11(29)37-9-19-21(39-12(2)30)23(41-14(4)32)25(43-16(6)34)27(46-19)38-10-20-22(40-13(3)31)24(42-15(5)33)26(44-17(7)35)28(47-20)45-18(8)36/h19-28H,9-10H2,1-8H3/t19-,20-,21+,22-,23+,24+,25-,26-,27+,28+/m1/s1. The van der Waals surface area contributed by atoms with Crippen LogP contribution in [0.5, 0.6) is 0 Å². The molecule has 0 aliphatic carbocycles. The van der Waals surface area contributed by atoms with Crippen LogP contribution in [0.1, 0.15) is 55.4 Å². The molecule has 2 fully saturated rings. The second kappa shape index (κ2) is 17.5. The van der Waals surface area contributed by atoms with E-state index in [4.69, 9.17) is 52.1 Å². The fourth-order valence-electron chi connectivity index (χ4n) is 4.76. The summed E-state index contributed by atoms with van der Waals surface area (Å²) in [7, 11) is 0. The van der Waals surface area contributed by atoms with Crippen LogP contribution in [0.4, 0.5) is 0 Å². The number of carbonyl (C=O) groups is 8. The van der Waals surface area contributed by atoms with Gasteiger partial charge in [0.1, 0.15) is 18.8 Å². The quantitative estimate of drug-likeness (QED) is 0.181. The summed E-state index contributed by atoms with van der Waals surface area (Å²) in [6.45, 7) is 7.09. The molecule has 19 nitrogen and oxygen atoms in total. The Bertz CT molecular complexity index is 1200. The SMILES string of the molecule is CC(=O)OC[C@H]1O[C@H](OC[C@H]2O[C@H](OC(C)=O)[C@H](OC(C)=O)[C@@H](OC(C)=O)[C@@H]2OC(C)=O)[C@H](OC(C)=O)[C@@H](OC(C)=O)[C@H]1OC(C)=O. The Morgan fingerprint density at radius 3 is 1.09 bits per heavy atom. The number of esters is 8. The summed E-state index contributed by atoms with van der Waals surface area (Å²) in [6, 6.07) is 0. The highest BCUT2D eigenvalue weighted by molar-refractivity contribution is 5.70. The highest BCUT2D eigenvalue weighted by Gasteiger charge is 2.56. The number of rotatable bonds is 12. The molecule has 0 bridgehead atoms. The topological polar surface area (TPSA) is 238 Å². The van der Waals surface area contributed by atoms with Crippen LogP contribution < -0.4 is 0 Å². The van der Waals surface area contributed by atoms with Gasteiger partial charge in [0.05, 0.1) is 6.61 Å². The molecule has 2 aliphatic rings. The lowest BCUT2D eigenvalue weighted by Crippen LogP contribution is -2.65. The molecule has 0 radical (unpaired) electrons. The van der Waals surface area contributed by atoms with Crippen molar-refractivity contribution >= 4 is 47.8 Å². The van der Waals surface area contributed by atoms with Crippen LogP contribution in [0.25, 0.3) is 0 Å². The third-order valence-corrected chi connectivity index (χ3v) is 6.15. The van der Waals surface area contributed by atoms with Crippen molar-refractivity contribution < 1.29 is 90.5 Å². The van der Waals surface area contributed by atoms with E-state index in [9.17, 15) is 38.4 Å². The Morgan fingerprint density at radius 1 is 0.383 bits per heavy atom. The van der Waals surface area contributed by atoms with Crippen molar-refractivity contribution in [1.29, 1.82) is 0 Å². The molecule has 2 saturated heterocycles. The lowest BCUT2D eigenvalue weighted by molar-refractivity contribution is -0.331. The first-order valence-electron chi connectivity index (χ1n) is 14.2. The number of hydrogen-bond donors (Lipinski definition) is 0. The van der Waals surface area contributed by atoms with Gasteiger partial charge in [-0.2, -0.15) is 0 Å². The molecule has 0 aromatic heterocycles. The molecule has 0 aromatic rings. The number of ether oxygens (including phenoxy) is 11. The van der Waals surface area contributed by atoms with E-state index in [2.05, 4.69) is 0 Å². The van der Waals surface area contributed by atoms with E-state index in [0.717, 1.165) is 55.4 Å². The zero-order valence-electron chi connectivity index (χ0n) is 26.9. The van der Waals surface area contributed by atoms with Crippen molar-refractivity contribution in [2.45, 2.75) is 117 Å². The smallest absolute Gasteiger partial charge is 0.305 e. The lowest BCUT2D eigenvalue weighted by Gasteiger charge is -2.46. The van der Waals surface area contributed by atoms with E-state index in [1.54, 1.807) is 0 Å². The van der Waals surface area contributed by atoms with Crippen molar-refractivity contribution in [2.75, 3.05) is 13.2 Å². The first kappa shape index (κ1) is 38.8. The van der Waals surface area contributed by atoms with Crippen LogP contribution in [-0.4, -0.2) is 122 Å². The molecule has 0 unspecified atom stereocenters. The average molecular weight is 679 g/mol. The Balaban J connectivity index is 2.56. The number of hydrogen-bond acceptors (Lipinski definition) is 19. The zero-order chi connectivity index (χ0) is 35.6. The molecule has 0 aromatic carbocycles. The van der Waals surface area contributed by atoms with Crippen LogP contribution in [-0.2, 0) is 90.5 Å². The largest absolute Gasteiger partial charge is 0.463 e. The van der Waals surface area contributed by atoms with Gasteiger partial charge in [-0.05, 0) is 0 Å². The van der Waals surface area contributed by atoms with Crippen LogP contribution in [0.15, 0.2) is 0 Å². The van der Waals surface area contributed by atoms with Crippen LogP contribution in [0.3, 0.4) is 0 Å². The highest BCUT2D eigenvalue weighted by Crippen LogP contribution is 2.33. The van der Waals surface area contributed by atoms with E-state index in [1.165, 1.54) is 0 Å². The molecular weight excluding hydrogens is 640 g/mol. The molecule has 2 heterocycles. The van der Waals surface area contributed by atoms with E-state index in [0.29, 0.717) is 0 Å². The Morgan fingerprint density at radius 2 is 0.702 bits per heavy atom. The van der Waals surface area contributed by atoms with Gasteiger partial charge in [-0.25, -0.2) is 0 Å². The summed E-state index contributed by atoms with van der Waals surface area (Å²) >= 11 is 0. The summed E-state index contributed by atoms with van der Waals surface area (Å²) < 4.78 is 59.8. The van der Waals surface area contributed by atoms with Gasteiger partial charge in [-0.3, -0.25) is 38.4 Å². The average Bonchev–Trinajstić information content (AvgIpc) is 2.91. The molecule has 0 spiro atoms. The van der Waals surface area contributed by atoms with Crippen molar-refractivity contribution in [3.05, 3.63) is 0 Å².